The van der Waals surface area contributed by atoms with Crippen LogP contribution in [0.5, 0.6) is 0 Å². The number of rotatable bonds is 2. The molecule has 0 N–H and O–H groups in total. The number of imidazole rings is 1. The molecule has 0 saturated carbocycles. The Morgan fingerprint density at radius 3 is 2.68 bits per heavy atom. The van der Waals surface area contributed by atoms with E-state index in [9.17, 15) is 0 Å². The molecule has 0 aliphatic heterocycles. The molecule has 3 aromatic rings. The first-order chi connectivity index (χ1) is 9.15. The third-order valence-corrected chi connectivity index (χ3v) is 2.82. The van der Waals surface area contributed by atoms with E-state index in [1.165, 1.54) is 0 Å². The first kappa shape index (κ1) is 11.9. The molecule has 0 saturated heterocycles. The summed E-state index contributed by atoms with van der Waals surface area (Å²) in [6, 6.07) is 7.76. The summed E-state index contributed by atoms with van der Waals surface area (Å²) in [6.07, 6.45) is 1.68. The summed E-state index contributed by atoms with van der Waals surface area (Å²) in [5, 5.41) is 0.159. The van der Waals surface area contributed by atoms with Gasteiger partial charge in [-0.25, -0.2) is 4.98 Å². The molecule has 0 unspecified atom stereocenters. The second kappa shape index (κ2) is 4.47. The van der Waals surface area contributed by atoms with Crippen molar-refractivity contribution in [1.29, 1.82) is 0 Å². The van der Waals surface area contributed by atoms with Crippen molar-refractivity contribution in [3.8, 4) is 5.95 Å². The van der Waals surface area contributed by atoms with Gasteiger partial charge in [0.15, 0.2) is 0 Å². The Morgan fingerprint density at radius 2 is 1.89 bits per heavy atom. The number of nitrogens with zero attached hydrogens (tertiary/aromatic N) is 6. The molecule has 0 radical (unpaired) electrons. The number of halogens is 1. The normalized spacial score (nSPS) is 10.9. The van der Waals surface area contributed by atoms with Gasteiger partial charge in [-0.3, -0.25) is 4.57 Å². The summed E-state index contributed by atoms with van der Waals surface area (Å²) in [5.41, 5.74) is 1.81. The number of hydrogen-bond donors (Lipinski definition) is 0. The summed E-state index contributed by atoms with van der Waals surface area (Å²) >= 11 is 5.94. The topological polar surface area (TPSA) is 59.7 Å². The van der Waals surface area contributed by atoms with Crippen LogP contribution in [0.3, 0.4) is 0 Å². The van der Waals surface area contributed by atoms with E-state index in [4.69, 9.17) is 11.6 Å². The maximum atomic E-state index is 5.94. The van der Waals surface area contributed by atoms with Crippen molar-refractivity contribution < 1.29 is 0 Å². The van der Waals surface area contributed by atoms with Gasteiger partial charge in [0.25, 0.3) is 0 Å². The van der Waals surface area contributed by atoms with Crippen molar-refractivity contribution in [3.05, 3.63) is 35.9 Å². The second-order valence-electron chi connectivity index (χ2n) is 4.20. The van der Waals surface area contributed by atoms with E-state index < -0.39 is 0 Å². The summed E-state index contributed by atoms with van der Waals surface area (Å²) in [6.45, 7) is 0. The van der Waals surface area contributed by atoms with Crippen LogP contribution in [0.1, 0.15) is 0 Å². The highest BCUT2D eigenvalue weighted by Gasteiger charge is 2.11. The predicted molar refractivity (Wildman–Crippen MR) is 73.8 cm³/mol. The number of aromatic nitrogens is 5. The van der Waals surface area contributed by atoms with E-state index in [1.54, 1.807) is 15.8 Å². The molecule has 1 aromatic carbocycles. The fourth-order valence-corrected chi connectivity index (χ4v) is 1.91. The van der Waals surface area contributed by atoms with Gasteiger partial charge in [0, 0.05) is 14.1 Å². The van der Waals surface area contributed by atoms with E-state index in [2.05, 4.69) is 19.9 Å². The minimum absolute atomic E-state index is 0.159. The average Bonchev–Trinajstić information content (AvgIpc) is 2.81. The molecule has 7 heteroatoms. The SMILES string of the molecule is CN(C)c1nc(Cl)nc(-n2cnc3ccccc32)n1. The number of para-hydroxylation sites is 2. The predicted octanol–water partition coefficient (Wildman–Crippen LogP) is 1.93. The minimum atomic E-state index is 0.159. The zero-order valence-corrected chi connectivity index (χ0v) is 11.2. The Balaban J connectivity index is 2.21. The highest BCUT2D eigenvalue weighted by molar-refractivity contribution is 6.28. The van der Waals surface area contributed by atoms with E-state index in [-0.39, 0.29) is 5.28 Å². The van der Waals surface area contributed by atoms with Crippen molar-refractivity contribution in [3.63, 3.8) is 0 Å². The molecule has 2 heterocycles. The van der Waals surface area contributed by atoms with Gasteiger partial charge in [0.1, 0.15) is 6.33 Å². The van der Waals surface area contributed by atoms with Crippen molar-refractivity contribution in [2.24, 2.45) is 0 Å². The lowest BCUT2D eigenvalue weighted by Crippen LogP contribution is -2.15. The maximum absolute atomic E-state index is 5.94. The third kappa shape index (κ3) is 2.10. The molecule has 0 spiro atoms. The standard InChI is InChI=1S/C12H11ClN6/c1-18(2)11-15-10(13)16-12(17-11)19-7-14-8-5-3-4-6-9(8)19/h3-7H,1-2H3. The molecule has 3 rings (SSSR count). The van der Waals surface area contributed by atoms with Crippen LogP contribution in [0, 0.1) is 0 Å². The van der Waals surface area contributed by atoms with Crippen molar-refractivity contribution in [2.75, 3.05) is 19.0 Å². The van der Waals surface area contributed by atoms with Gasteiger partial charge < -0.3 is 4.90 Å². The Labute approximate surface area is 114 Å². The quantitative estimate of drug-likeness (QED) is 0.715. The molecule has 0 aliphatic rings. The van der Waals surface area contributed by atoms with E-state index in [0.717, 1.165) is 11.0 Å². The van der Waals surface area contributed by atoms with Crippen LogP contribution >= 0.6 is 11.6 Å². The highest BCUT2D eigenvalue weighted by Crippen LogP contribution is 2.17. The zero-order valence-electron chi connectivity index (χ0n) is 10.4. The smallest absolute Gasteiger partial charge is 0.241 e. The maximum Gasteiger partial charge on any atom is 0.241 e. The molecule has 96 valence electrons. The minimum Gasteiger partial charge on any atom is -0.347 e. The largest absolute Gasteiger partial charge is 0.347 e. The van der Waals surface area contributed by atoms with Crippen molar-refractivity contribution in [2.45, 2.75) is 0 Å². The van der Waals surface area contributed by atoms with Gasteiger partial charge in [0.2, 0.25) is 17.2 Å². The number of hydrogen-bond acceptors (Lipinski definition) is 5. The fraction of sp³-hybridized carbons (Fsp3) is 0.167. The van der Waals surface area contributed by atoms with Crippen LogP contribution in [-0.2, 0) is 0 Å². The molecular formula is C12H11ClN6. The lowest BCUT2D eigenvalue weighted by Gasteiger charge is -2.11. The van der Waals surface area contributed by atoms with Gasteiger partial charge in [0.05, 0.1) is 11.0 Å². The lowest BCUT2D eigenvalue weighted by atomic mass is 10.3. The molecule has 0 bridgehead atoms. The molecular weight excluding hydrogens is 264 g/mol. The molecule has 0 amide bonds. The van der Waals surface area contributed by atoms with Gasteiger partial charge in [-0.15, -0.1) is 0 Å². The van der Waals surface area contributed by atoms with Crippen molar-refractivity contribution >= 4 is 28.6 Å². The second-order valence-corrected chi connectivity index (χ2v) is 4.54. The van der Waals surface area contributed by atoms with E-state index >= 15 is 0 Å². The molecule has 0 aliphatic carbocycles. The van der Waals surface area contributed by atoms with E-state index in [1.807, 2.05) is 38.4 Å². The average molecular weight is 275 g/mol. The summed E-state index contributed by atoms with van der Waals surface area (Å²) in [5.74, 6) is 0.963. The highest BCUT2D eigenvalue weighted by atomic mass is 35.5. The first-order valence-corrected chi connectivity index (χ1v) is 6.04. The van der Waals surface area contributed by atoms with Crippen LogP contribution in [0.2, 0.25) is 5.28 Å². The van der Waals surface area contributed by atoms with E-state index in [0.29, 0.717) is 11.9 Å². The Kier molecular flexibility index (Phi) is 2.79. The summed E-state index contributed by atoms with van der Waals surface area (Å²) in [7, 11) is 3.70. The van der Waals surface area contributed by atoms with Crippen LogP contribution < -0.4 is 4.90 Å². The number of fused-ring (bicyclic) bond motifs is 1. The third-order valence-electron chi connectivity index (χ3n) is 2.65. The Morgan fingerprint density at radius 1 is 1.11 bits per heavy atom. The molecule has 19 heavy (non-hydrogen) atoms. The van der Waals surface area contributed by atoms with Crippen LogP contribution in [0.25, 0.3) is 17.0 Å². The summed E-state index contributed by atoms with van der Waals surface area (Å²) < 4.78 is 1.79. The molecule has 6 nitrogen and oxygen atoms in total. The lowest BCUT2D eigenvalue weighted by molar-refractivity contribution is 0.883. The first-order valence-electron chi connectivity index (χ1n) is 5.66. The Hall–Kier alpha value is -2.21. The molecule has 0 atom stereocenters. The molecule has 2 aromatic heterocycles. The summed E-state index contributed by atoms with van der Waals surface area (Å²) in [4.78, 5) is 18.7. The fourth-order valence-electron chi connectivity index (χ4n) is 1.76. The van der Waals surface area contributed by atoms with Crippen LogP contribution in [-0.4, -0.2) is 38.6 Å². The zero-order chi connectivity index (χ0) is 13.4. The number of benzene rings is 1. The monoisotopic (exact) mass is 274 g/mol. The van der Waals surface area contributed by atoms with Gasteiger partial charge in [-0.05, 0) is 23.7 Å². The van der Waals surface area contributed by atoms with Gasteiger partial charge >= 0.3 is 0 Å². The Bertz CT molecular complexity index is 736. The number of anilines is 1. The molecule has 0 fully saturated rings. The van der Waals surface area contributed by atoms with Crippen molar-refractivity contribution in [1.82, 2.24) is 24.5 Å². The van der Waals surface area contributed by atoms with Gasteiger partial charge in [-0.2, -0.15) is 15.0 Å². The van der Waals surface area contributed by atoms with Crippen LogP contribution in [0.15, 0.2) is 30.6 Å². The van der Waals surface area contributed by atoms with Gasteiger partial charge in [-0.1, -0.05) is 12.1 Å². The van der Waals surface area contributed by atoms with Crippen LogP contribution in [0.4, 0.5) is 5.95 Å².